The third kappa shape index (κ3) is 3.02. The number of unbranched alkanes of at least 4 members (excludes halogenated alkanes) is 1. The second kappa shape index (κ2) is 6.73. The number of hydrogen-bond acceptors (Lipinski definition) is 6. The van der Waals surface area contributed by atoms with Gasteiger partial charge in [0.25, 0.3) is 0 Å². The normalized spacial score (nSPS) is 13.5. The molecule has 6 nitrogen and oxygen atoms in total. The number of Topliss-reactive ketones (excluding diaryl/α,β-unsaturated/α-hetero) is 1. The quantitative estimate of drug-likeness (QED) is 0.661. The first-order chi connectivity index (χ1) is 10.9. The summed E-state index contributed by atoms with van der Waals surface area (Å²) >= 11 is 0. The third-order valence-electron chi connectivity index (χ3n) is 3.79. The molecule has 122 valence electrons. The van der Waals surface area contributed by atoms with Crippen molar-refractivity contribution in [3.63, 3.8) is 0 Å². The number of allylic oxidation sites excluding steroid dienone is 2. The van der Waals surface area contributed by atoms with E-state index < -0.39 is 5.97 Å². The zero-order valence-corrected chi connectivity index (χ0v) is 13.8. The lowest BCUT2D eigenvalue weighted by atomic mass is 9.87. The molecule has 0 bridgehead atoms. The van der Waals surface area contributed by atoms with Gasteiger partial charge < -0.3 is 10.1 Å². The van der Waals surface area contributed by atoms with Crippen molar-refractivity contribution in [2.75, 3.05) is 13.7 Å². The Kier molecular flexibility index (Phi) is 4.93. The number of nitrogens with one attached hydrogen (secondary N) is 1. The number of ketones is 2. The van der Waals surface area contributed by atoms with Crippen LogP contribution in [0.4, 0.5) is 0 Å². The van der Waals surface area contributed by atoms with Crippen molar-refractivity contribution < 1.29 is 19.1 Å². The first kappa shape index (κ1) is 16.9. The summed E-state index contributed by atoms with van der Waals surface area (Å²) in [5.41, 5.74) is 1.41. The van der Waals surface area contributed by atoms with Gasteiger partial charge in [0.05, 0.1) is 35.2 Å². The van der Waals surface area contributed by atoms with Crippen LogP contribution in [0.1, 0.15) is 62.2 Å². The van der Waals surface area contributed by atoms with Gasteiger partial charge in [0.2, 0.25) is 5.78 Å². The summed E-state index contributed by atoms with van der Waals surface area (Å²) in [5.74, 6) is -1.36. The summed E-state index contributed by atoms with van der Waals surface area (Å²) in [6.45, 7) is 5.93. The average molecular weight is 316 g/mol. The molecule has 0 atom stereocenters. The van der Waals surface area contributed by atoms with Crippen LogP contribution in [0.5, 0.6) is 0 Å². The average Bonchev–Trinajstić information content (AvgIpc) is 2.51. The van der Waals surface area contributed by atoms with Gasteiger partial charge in [-0.1, -0.05) is 13.3 Å². The Morgan fingerprint density at radius 3 is 2.52 bits per heavy atom. The maximum atomic E-state index is 12.7. The van der Waals surface area contributed by atoms with Crippen molar-refractivity contribution in [2.45, 2.75) is 33.6 Å². The minimum atomic E-state index is -0.664. The largest absolute Gasteiger partial charge is 0.465 e. The zero-order chi connectivity index (χ0) is 17.1. The van der Waals surface area contributed by atoms with Crippen LogP contribution in [0.3, 0.4) is 0 Å². The molecule has 6 heteroatoms. The third-order valence-corrected chi connectivity index (χ3v) is 3.79. The maximum absolute atomic E-state index is 12.7. The van der Waals surface area contributed by atoms with Crippen LogP contribution in [0, 0.1) is 13.8 Å². The van der Waals surface area contributed by atoms with Crippen LogP contribution in [-0.4, -0.2) is 36.2 Å². The van der Waals surface area contributed by atoms with E-state index in [1.807, 2.05) is 6.92 Å². The lowest BCUT2D eigenvalue weighted by Crippen LogP contribution is -2.30. The number of hydrogen-bond donors (Lipinski definition) is 1. The molecule has 0 saturated carbocycles. The Morgan fingerprint density at radius 1 is 1.22 bits per heavy atom. The second-order valence-electron chi connectivity index (χ2n) is 5.43. The molecule has 1 N–H and O–H groups in total. The number of methoxy groups -OCH3 is 1. The molecule has 0 radical (unpaired) electrons. The number of ether oxygens (including phenoxy) is 1. The number of esters is 1. The van der Waals surface area contributed by atoms with Crippen LogP contribution >= 0.6 is 0 Å². The summed E-state index contributed by atoms with van der Waals surface area (Å²) in [4.78, 5) is 41.4. The highest BCUT2D eigenvalue weighted by atomic mass is 16.5. The summed E-state index contributed by atoms with van der Waals surface area (Å²) in [7, 11) is 1.23. The van der Waals surface area contributed by atoms with Gasteiger partial charge in [0.15, 0.2) is 5.78 Å². The summed E-state index contributed by atoms with van der Waals surface area (Å²) in [6, 6.07) is 0. The minimum absolute atomic E-state index is 0.0651. The van der Waals surface area contributed by atoms with Gasteiger partial charge in [-0.25, -0.2) is 4.79 Å². The molecule has 0 aromatic carbocycles. The number of carbonyl (C=O) groups excluding carboxylic acids is 3. The van der Waals surface area contributed by atoms with Crippen LogP contribution in [-0.2, 0) is 4.74 Å². The van der Waals surface area contributed by atoms with E-state index in [0.717, 1.165) is 12.8 Å². The SMILES string of the molecule is CCCCNC1=CC(=O)c2c(C(=O)OC)c(C)nc(C)c2C1=O. The molecule has 1 aromatic rings. The molecule has 23 heavy (non-hydrogen) atoms. The Morgan fingerprint density at radius 2 is 1.91 bits per heavy atom. The van der Waals surface area contributed by atoms with Gasteiger partial charge >= 0.3 is 5.97 Å². The van der Waals surface area contributed by atoms with Crippen LogP contribution in [0.2, 0.25) is 0 Å². The Labute approximate surface area is 134 Å². The van der Waals surface area contributed by atoms with Crippen molar-refractivity contribution >= 4 is 17.5 Å². The molecule has 0 unspecified atom stereocenters. The number of rotatable bonds is 5. The van der Waals surface area contributed by atoms with Gasteiger partial charge in [-0.3, -0.25) is 14.6 Å². The lowest BCUT2D eigenvalue weighted by Gasteiger charge is -2.21. The van der Waals surface area contributed by atoms with Crippen LogP contribution in [0.25, 0.3) is 0 Å². The highest BCUT2D eigenvalue weighted by Gasteiger charge is 2.33. The summed E-state index contributed by atoms with van der Waals surface area (Å²) in [5, 5.41) is 2.99. The van der Waals surface area contributed by atoms with E-state index in [9.17, 15) is 14.4 Å². The predicted octanol–water partition coefficient (Wildman–Crippen LogP) is 2.14. The van der Waals surface area contributed by atoms with Crippen molar-refractivity contribution in [1.29, 1.82) is 0 Å². The maximum Gasteiger partial charge on any atom is 0.340 e. The molecule has 1 aromatic heterocycles. The molecule has 0 spiro atoms. The van der Waals surface area contributed by atoms with E-state index in [0.29, 0.717) is 17.9 Å². The minimum Gasteiger partial charge on any atom is -0.465 e. The fraction of sp³-hybridized carbons (Fsp3) is 0.412. The van der Waals surface area contributed by atoms with Gasteiger partial charge in [0.1, 0.15) is 0 Å². The number of fused-ring (bicyclic) bond motifs is 1. The zero-order valence-electron chi connectivity index (χ0n) is 13.8. The molecule has 1 aliphatic rings. The van der Waals surface area contributed by atoms with Crippen LogP contribution < -0.4 is 5.32 Å². The molecule has 0 amide bonds. The number of carbonyl (C=O) groups is 3. The van der Waals surface area contributed by atoms with Crippen molar-refractivity contribution in [3.05, 3.63) is 39.9 Å². The second-order valence-corrected chi connectivity index (χ2v) is 5.43. The van der Waals surface area contributed by atoms with E-state index in [4.69, 9.17) is 4.74 Å². The fourth-order valence-corrected chi connectivity index (χ4v) is 2.66. The fourth-order valence-electron chi connectivity index (χ4n) is 2.66. The van der Waals surface area contributed by atoms with E-state index in [1.165, 1.54) is 13.2 Å². The molecule has 2 rings (SSSR count). The van der Waals surface area contributed by atoms with Crippen LogP contribution in [0.15, 0.2) is 11.8 Å². The van der Waals surface area contributed by atoms with Crippen molar-refractivity contribution in [1.82, 2.24) is 10.3 Å². The number of nitrogens with zero attached hydrogens (tertiary/aromatic N) is 1. The van der Waals surface area contributed by atoms with Gasteiger partial charge in [-0.05, 0) is 20.3 Å². The topological polar surface area (TPSA) is 85.4 Å². The Bertz CT molecular complexity index is 720. The molecule has 0 fully saturated rings. The summed E-state index contributed by atoms with van der Waals surface area (Å²) < 4.78 is 4.73. The number of aryl methyl sites for hydroxylation is 2. The molecule has 0 aliphatic heterocycles. The van der Waals surface area contributed by atoms with Gasteiger partial charge in [-0.15, -0.1) is 0 Å². The smallest absolute Gasteiger partial charge is 0.340 e. The first-order valence-electron chi connectivity index (χ1n) is 7.56. The molecular weight excluding hydrogens is 296 g/mol. The summed E-state index contributed by atoms with van der Waals surface area (Å²) in [6.07, 6.45) is 3.13. The predicted molar refractivity (Wildman–Crippen MR) is 84.7 cm³/mol. The highest BCUT2D eigenvalue weighted by Crippen LogP contribution is 2.28. The molecule has 1 heterocycles. The molecule has 1 aliphatic carbocycles. The monoisotopic (exact) mass is 316 g/mol. The Balaban J connectivity index is 2.56. The first-order valence-corrected chi connectivity index (χ1v) is 7.56. The Hall–Kier alpha value is -2.50. The van der Waals surface area contributed by atoms with E-state index >= 15 is 0 Å². The number of pyridine rings is 1. The highest BCUT2D eigenvalue weighted by molar-refractivity contribution is 6.27. The standard InChI is InChI=1S/C17H20N2O4/c1-5-6-7-18-11-8-12(20)15-13(16(11)21)9(2)19-10(3)14(15)17(22)23-4/h8,18H,5-7H2,1-4H3. The van der Waals surface area contributed by atoms with E-state index in [2.05, 4.69) is 10.3 Å². The molecular formula is C17H20N2O4. The van der Waals surface area contributed by atoms with Crippen molar-refractivity contribution in [2.24, 2.45) is 0 Å². The van der Waals surface area contributed by atoms with Gasteiger partial charge in [0, 0.05) is 18.3 Å². The van der Waals surface area contributed by atoms with Gasteiger partial charge in [-0.2, -0.15) is 0 Å². The van der Waals surface area contributed by atoms with E-state index in [1.54, 1.807) is 13.8 Å². The van der Waals surface area contributed by atoms with Crippen molar-refractivity contribution in [3.8, 4) is 0 Å². The lowest BCUT2D eigenvalue weighted by molar-refractivity contribution is 0.0596. The van der Waals surface area contributed by atoms with E-state index in [-0.39, 0.29) is 34.0 Å². The number of aromatic nitrogens is 1. The molecule has 0 saturated heterocycles.